The van der Waals surface area contributed by atoms with Crippen molar-refractivity contribution in [1.82, 2.24) is 10.2 Å². The van der Waals surface area contributed by atoms with Gasteiger partial charge in [0, 0.05) is 16.6 Å². The van der Waals surface area contributed by atoms with Gasteiger partial charge < -0.3 is 15.0 Å². The molecular weight excluding hydrogens is 534 g/mol. The molecule has 0 aliphatic rings. The molecule has 2 rings (SSSR count). The number of methoxy groups -OCH3 is 1. The minimum absolute atomic E-state index is 0.134. The van der Waals surface area contributed by atoms with Crippen LogP contribution in [0.3, 0.4) is 0 Å². The summed E-state index contributed by atoms with van der Waals surface area (Å²) in [6.07, 6.45) is 1.41. The monoisotopic (exact) mass is 567 g/mol. The molecule has 0 bridgehead atoms. The fourth-order valence-corrected chi connectivity index (χ4v) is 4.77. The predicted molar refractivity (Wildman–Crippen MR) is 142 cm³/mol. The smallest absolute Gasteiger partial charge is 0.244 e. The van der Waals surface area contributed by atoms with Gasteiger partial charge in [-0.3, -0.25) is 13.9 Å². The highest BCUT2D eigenvalue weighted by Crippen LogP contribution is 2.23. The molecule has 0 saturated carbocycles. The largest absolute Gasteiger partial charge is 0.497 e. The third kappa shape index (κ3) is 8.54. The molecule has 8 nitrogen and oxygen atoms in total. The van der Waals surface area contributed by atoms with Gasteiger partial charge in [0.05, 0.1) is 19.1 Å². The van der Waals surface area contributed by atoms with Crippen molar-refractivity contribution in [3.8, 4) is 5.75 Å². The number of hydrogen-bond donors (Lipinski definition) is 1. The zero-order valence-electron chi connectivity index (χ0n) is 21.0. The van der Waals surface area contributed by atoms with E-state index in [1.54, 1.807) is 43.5 Å². The standard InChI is InChI=1S/C25H34BrN3O5S/c1-7-22(24(31)27-25(2,3)4)28(16-18-11-13-21(34-5)14-12-18)23(30)17-29(35(6,32)33)20-10-8-9-19(26)15-20/h8-15,22H,7,16-17H2,1-6H3,(H,27,31)/t22-/m1/s1. The first-order valence-electron chi connectivity index (χ1n) is 11.2. The lowest BCUT2D eigenvalue weighted by Gasteiger charge is -2.34. The van der Waals surface area contributed by atoms with Gasteiger partial charge in [0.15, 0.2) is 0 Å². The first-order valence-corrected chi connectivity index (χ1v) is 13.9. The number of halogens is 1. The van der Waals surface area contributed by atoms with E-state index in [2.05, 4.69) is 21.2 Å². The van der Waals surface area contributed by atoms with Gasteiger partial charge in [0.1, 0.15) is 18.3 Å². The Morgan fingerprint density at radius 3 is 2.23 bits per heavy atom. The van der Waals surface area contributed by atoms with Crippen LogP contribution in [0.15, 0.2) is 53.0 Å². The summed E-state index contributed by atoms with van der Waals surface area (Å²) in [6, 6.07) is 13.1. The highest BCUT2D eigenvalue weighted by molar-refractivity contribution is 9.10. The summed E-state index contributed by atoms with van der Waals surface area (Å²) in [5, 5.41) is 2.94. The Bertz CT molecular complexity index is 1130. The molecular formula is C25H34BrN3O5S. The lowest BCUT2D eigenvalue weighted by Crippen LogP contribution is -2.55. The van der Waals surface area contributed by atoms with Crippen LogP contribution in [0.25, 0.3) is 0 Å². The van der Waals surface area contributed by atoms with Gasteiger partial charge in [0.2, 0.25) is 21.8 Å². The number of hydrogen-bond acceptors (Lipinski definition) is 5. The second-order valence-corrected chi connectivity index (χ2v) is 12.1. The topological polar surface area (TPSA) is 96.0 Å². The van der Waals surface area contributed by atoms with E-state index >= 15 is 0 Å². The lowest BCUT2D eigenvalue weighted by atomic mass is 10.1. The van der Waals surface area contributed by atoms with Crippen molar-refractivity contribution in [1.29, 1.82) is 0 Å². The average Bonchev–Trinajstić information content (AvgIpc) is 2.75. The maximum atomic E-state index is 13.7. The van der Waals surface area contributed by atoms with Crippen LogP contribution in [0.1, 0.15) is 39.7 Å². The van der Waals surface area contributed by atoms with E-state index in [1.807, 2.05) is 39.8 Å². The Hall–Kier alpha value is -2.59. The summed E-state index contributed by atoms with van der Waals surface area (Å²) in [7, 11) is -2.21. The van der Waals surface area contributed by atoms with Crippen molar-refractivity contribution in [2.45, 2.75) is 52.2 Å². The van der Waals surface area contributed by atoms with Crippen molar-refractivity contribution in [2.24, 2.45) is 0 Å². The summed E-state index contributed by atoms with van der Waals surface area (Å²) in [4.78, 5) is 28.3. The number of rotatable bonds is 10. The van der Waals surface area contributed by atoms with Crippen molar-refractivity contribution >= 4 is 43.5 Å². The van der Waals surface area contributed by atoms with Crippen LogP contribution in [0.2, 0.25) is 0 Å². The molecule has 10 heteroatoms. The molecule has 35 heavy (non-hydrogen) atoms. The van der Waals surface area contributed by atoms with Crippen molar-refractivity contribution in [2.75, 3.05) is 24.2 Å². The zero-order chi connectivity index (χ0) is 26.4. The van der Waals surface area contributed by atoms with Gasteiger partial charge >= 0.3 is 0 Å². The van der Waals surface area contributed by atoms with E-state index in [9.17, 15) is 18.0 Å². The van der Waals surface area contributed by atoms with Crippen LogP contribution in [0.4, 0.5) is 5.69 Å². The molecule has 0 unspecified atom stereocenters. The minimum atomic E-state index is -3.78. The molecule has 0 spiro atoms. The number of benzene rings is 2. The number of nitrogens with one attached hydrogen (secondary N) is 1. The Morgan fingerprint density at radius 2 is 1.74 bits per heavy atom. The van der Waals surface area contributed by atoms with Crippen LogP contribution in [0, 0.1) is 0 Å². The van der Waals surface area contributed by atoms with Crippen molar-refractivity contribution in [3.05, 3.63) is 58.6 Å². The van der Waals surface area contributed by atoms with Gasteiger partial charge in [-0.1, -0.05) is 41.1 Å². The molecule has 0 aliphatic carbocycles. The maximum absolute atomic E-state index is 13.7. The van der Waals surface area contributed by atoms with Gasteiger partial charge in [-0.05, 0) is 63.1 Å². The van der Waals surface area contributed by atoms with E-state index < -0.39 is 34.1 Å². The Balaban J connectivity index is 2.45. The molecule has 2 aromatic rings. The number of carbonyl (C=O) groups is 2. The van der Waals surface area contributed by atoms with E-state index in [0.717, 1.165) is 16.1 Å². The Labute approximate surface area is 216 Å². The van der Waals surface area contributed by atoms with Crippen LogP contribution in [-0.4, -0.2) is 56.6 Å². The number of anilines is 1. The third-order valence-corrected chi connectivity index (χ3v) is 6.81. The molecule has 0 heterocycles. The van der Waals surface area contributed by atoms with Crippen LogP contribution >= 0.6 is 15.9 Å². The molecule has 192 valence electrons. The van der Waals surface area contributed by atoms with E-state index in [0.29, 0.717) is 22.3 Å². The summed E-state index contributed by atoms with van der Waals surface area (Å²) in [6.45, 7) is 7.12. The van der Waals surface area contributed by atoms with Gasteiger partial charge in [-0.25, -0.2) is 8.42 Å². The predicted octanol–water partition coefficient (Wildman–Crippen LogP) is 3.95. The summed E-state index contributed by atoms with van der Waals surface area (Å²) < 4.78 is 32.2. The van der Waals surface area contributed by atoms with E-state index in [-0.39, 0.29) is 12.5 Å². The first-order chi connectivity index (χ1) is 16.2. The highest BCUT2D eigenvalue weighted by atomic mass is 79.9. The van der Waals surface area contributed by atoms with E-state index in [1.165, 1.54) is 4.90 Å². The SMILES string of the molecule is CC[C@H](C(=O)NC(C)(C)C)N(Cc1ccc(OC)cc1)C(=O)CN(c1cccc(Br)c1)S(C)(=O)=O. The number of nitrogens with zero attached hydrogens (tertiary/aromatic N) is 2. The number of amides is 2. The fraction of sp³-hybridized carbons (Fsp3) is 0.440. The molecule has 2 aromatic carbocycles. The van der Waals surface area contributed by atoms with Crippen LogP contribution in [0.5, 0.6) is 5.75 Å². The van der Waals surface area contributed by atoms with E-state index in [4.69, 9.17) is 4.74 Å². The second-order valence-electron chi connectivity index (χ2n) is 9.28. The summed E-state index contributed by atoms with van der Waals surface area (Å²) in [5.41, 5.74) is 0.648. The van der Waals surface area contributed by atoms with Gasteiger partial charge in [0.25, 0.3) is 0 Å². The normalized spacial score (nSPS) is 12.5. The van der Waals surface area contributed by atoms with Crippen LogP contribution in [-0.2, 0) is 26.2 Å². The minimum Gasteiger partial charge on any atom is -0.497 e. The fourth-order valence-electron chi connectivity index (χ4n) is 3.54. The molecule has 2 amide bonds. The average molecular weight is 569 g/mol. The number of sulfonamides is 1. The molecule has 1 N–H and O–H groups in total. The molecule has 0 aromatic heterocycles. The highest BCUT2D eigenvalue weighted by Gasteiger charge is 2.33. The van der Waals surface area contributed by atoms with Crippen molar-refractivity contribution in [3.63, 3.8) is 0 Å². The molecule has 0 aliphatic heterocycles. The maximum Gasteiger partial charge on any atom is 0.244 e. The molecule has 1 atom stereocenters. The third-order valence-electron chi connectivity index (χ3n) is 5.17. The summed E-state index contributed by atoms with van der Waals surface area (Å²) in [5.74, 6) is -0.112. The molecule has 0 fully saturated rings. The molecule has 0 radical (unpaired) electrons. The van der Waals surface area contributed by atoms with Gasteiger partial charge in [-0.15, -0.1) is 0 Å². The zero-order valence-corrected chi connectivity index (χ0v) is 23.4. The summed E-state index contributed by atoms with van der Waals surface area (Å²) >= 11 is 3.35. The lowest BCUT2D eigenvalue weighted by molar-refractivity contribution is -0.141. The van der Waals surface area contributed by atoms with Gasteiger partial charge in [-0.2, -0.15) is 0 Å². The molecule has 0 saturated heterocycles. The quantitative estimate of drug-likeness (QED) is 0.469. The first kappa shape index (κ1) is 28.6. The Morgan fingerprint density at radius 1 is 1.11 bits per heavy atom. The Kier molecular flexibility index (Phi) is 9.74. The van der Waals surface area contributed by atoms with Crippen molar-refractivity contribution < 1.29 is 22.7 Å². The number of ether oxygens (including phenoxy) is 1. The number of carbonyl (C=O) groups excluding carboxylic acids is 2. The van der Waals surface area contributed by atoms with Crippen LogP contribution < -0.4 is 14.4 Å². The second kappa shape index (κ2) is 11.9.